The van der Waals surface area contributed by atoms with Gasteiger partial charge < -0.3 is 9.67 Å². The monoisotopic (exact) mass is 195 g/mol. The zero-order valence-corrected chi connectivity index (χ0v) is 7.97. The van der Waals surface area contributed by atoms with Gasteiger partial charge in [-0.1, -0.05) is 17.4 Å². The third kappa shape index (κ3) is 1.28. The minimum absolute atomic E-state index is 0.0196. The van der Waals surface area contributed by atoms with Crippen molar-refractivity contribution >= 4 is 21.6 Å². The number of hydrogen-bond donors (Lipinski definition) is 1. The molecule has 0 aliphatic heterocycles. The molecule has 0 saturated carbocycles. The summed E-state index contributed by atoms with van der Waals surface area (Å²) in [7, 11) is 1.75. The van der Waals surface area contributed by atoms with E-state index < -0.39 is 0 Å². The topological polar surface area (TPSA) is 42.2 Å². The van der Waals surface area contributed by atoms with Crippen LogP contribution in [0.1, 0.15) is 5.56 Å². The van der Waals surface area contributed by atoms with Gasteiger partial charge in [0.05, 0.1) is 16.8 Å². The number of nitrogens with zero attached hydrogens (tertiary/aromatic N) is 1. The first-order valence-corrected chi connectivity index (χ1v) is 4.73. The summed E-state index contributed by atoms with van der Waals surface area (Å²) in [5.41, 5.74) is 1.77. The number of thiazole rings is 1. The molecule has 2 rings (SSSR count). The number of aliphatic hydroxyl groups is 1. The van der Waals surface area contributed by atoms with E-state index in [1.807, 2.05) is 18.2 Å². The van der Waals surface area contributed by atoms with E-state index in [1.54, 1.807) is 11.6 Å². The van der Waals surface area contributed by atoms with Crippen LogP contribution in [-0.2, 0) is 13.7 Å². The molecule has 0 unspecified atom stereocenters. The van der Waals surface area contributed by atoms with Crippen LogP contribution in [0, 0.1) is 0 Å². The van der Waals surface area contributed by atoms with E-state index in [0.29, 0.717) is 0 Å². The average Bonchev–Trinajstić information content (AvgIpc) is 2.42. The fourth-order valence-corrected chi connectivity index (χ4v) is 2.22. The molecule has 0 aliphatic rings. The summed E-state index contributed by atoms with van der Waals surface area (Å²) in [5.74, 6) is 0. The van der Waals surface area contributed by atoms with Gasteiger partial charge in [-0.3, -0.25) is 4.79 Å². The molecule has 2 aromatic rings. The lowest BCUT2D eigenvalue weighted by Crippen LogP contribution is -2.06. The number of hydrogen-bond acceptors (Lipinski definition) is 3. The van der Waals surface area contributed by atoms with Gasteiger partial charge in [-0.05, 0) is 17.7 Å². The Balaban J connectivity index is 2.80. The minimum atomic E-state index is 0.0196. The maximum absolute atomic E-state index is 11.3. The van der Waals surface area contributed by atoms with Crippen LogP contribution in [0.2, 0.25) is 0 Å². The highest BCUT2D eigenvalue weighted by atomic mass is 32.1. The van der Waals surface area contributed by atoms with E-state index >= 15 is 0 Å². The van der Waals surface area contributed by atoms with Gasteiger partial charge >= 0.3 is 4.87 Å². The molecule has 4 heteroatoms. The predicted molar refractivity (Wildman–Crippen MR) is 53.0 cm³/mol. The Hall–Kier alpha value is -1.13. The molecule has 0 saturated heterocycles. The zero-order chi connectivity index (χ0) is 9.42. The van der Waals surface area contributed by atoms with Gasteiger partial charge in [0.15, 0.2) is 0 Å². The van der Waals surface area contributed by atoms with Gasteiger partial charge in [0.25, 0.3) is 0 Å². The highest BCUT2D eigenvalue weighted by Gasteiger charge is 2.03. The van der Waals surface area contributed by atoms with Crippen LogP contribution in [0.15, 0.2) is 23.0 Å². The summed E-state index contributed by atoms with van der Waals surface area (Å²) in [5, 5.41) is 8.89. The molecular formula is C9H9NO2S. The van der Waals surface area contributed by atoms with Crippen LogP contribution in [-0.4, -0.2) is 9.67 Å². The highest BCUT2D eigenvalue weighted by Crippen LogP contribution is 2.17. The lowest BCUT2D eigenvalue weighted by molar-refractivity contribution is 0.282. The maximum atomic E-state index is 11.3. The quantitative estimate of drug-likeness (QED) is 0.740. The lowest BCUT2D eigenvalue weighted by atomic mass is 10.2. The fourth-order valence-electron chi connectivity index (χ4n) is 1.28. The summed E-state index contributed by atoms with van der Waals surface area (Å²) >= 11 is 1.20. The summed E-state index contributed by atoms with van der Waals surface area (Å²) in [6, 6.07) is 5.54. The largest absolute Gasteiger partial charge is 0.392 e. The molecule has 1 heterocycles. The van der Waals surface area contributed by atoms with Crippen molar-refractivity contribution < 1.29 is 5.11 Å². The van der Waals surface area contributed by atoms with Gasteiger partial charge in [0.1, 0.15) is 0 Å². The summed E-state index contributed by atoms with van der Waals surface area (Å²) in [4.78, 5) is 11.3. The Morgan fingerprint density at radius 3 is 3.00 bits per heavy atom. The van der Waals surface area contributed by atoms with Gasteiger partial charge in [-0.25, -0.2) is 0 Å². The summed E-state index contributed by atoms with van der Waals surface area (Å²) in [6.45, 7) is 0.0196. The van der Waals surface area contributed by atoms with Crippen molar-refractivity contribution in [2.45, 2.75) is 6.61 Å². The standard InChI is InChI=1S/C9H9NO2S/c1-10-7-3-2-6(5-11)4-8(7)13-9(10)12/h2-4,11H,5H2,1H3. The molecule has 3 nitrogen and oxygen atoms in total. The molecule has 0 spiro atoms. The molecule has 0 fully saturated rings. The van der Waals surface area contributed by atoms with Crippen molar-refractivity contribution in [3.8, 4) is 0 Å². The third-order valence-electron chi connectivity index (χ3n) is 2.04. The van der Waals surface area contributed by atoms with E-state index in [0.717, 1.165) is 15.8 Å². The molecule has 1 aromatic carbocycles. The molecule has 68 valence electrons. The first kappa shape index (κ1) is 8.47. The second-order valence-corrected chi connectivity index (χ2v) is 3.88. The molecule has 0 amide bonds. The highest BCUT2D eigenvalue weighted by molar-refractivity contribution is 7.16. The Labute approximate surface area is 78.9 Å². The zero-order valence-electron chi connectivity index (χ0n) is 7.15. The van der Waals surface area contributed by atoms with Gasteiger partial charge in [0, 0.05) is 7.05 Å². The van der Waals surface area contributed by atoms with Gasteiger partial charge in [-0.2, -0.15) is 0 Å². The molecule has 0 bridgehead atoms. The number of aliphatic hydroxyl groups excluding tert-OH is 1. The first-order valence-electron chi connectivity index (χ1n) is 3.91. The van der Waals surface area contributed by atoms with E-state index in [-0.39, 0.29) is 11.5 Å². The van der Waals surface area contributed by atoms with Crippen molar-refractivity contribution in [2.75, 3.05) is 0 Å². The van der Waals surface area contributed by atoms with Crippen LogP contribution in [0.3, 0.4) is 0 Å². The number of aromatic nitrogens is 1. The summed E-state index contributed by atoms with van der Waals surface area (Å²) in [6.07, 6.45) is 0. The Kier molecular flexibility index (Phi) is 1.94. The van der Waals surface area contributed by atoms with E-state index in [2.05, 4.69) is 0 Å². The van der Waals surface area contributed by atoms with E-state index in [4.69, 9.17) is 5.11 Å². The number of benzene rings is 1. The Morgan fingerprint density at radius 2 is 2.31 bits per heavy atom. The van der Waals surface area contributed by atoms with Crippen molar-refractivity contribution in [3.05, 3.63) is 33.4 Å². The van der Waals surface area contributed by atoms with E-state index in [1.165, 1.54) is 11.3 Å². The smallest absolute Gasteiger partial charge is 0.307 e. The molecule has 0 aliphatic carbocycles. The maximum Gasteiger partial charge on any atom is 0.307 e. The number of rotatable bonds is 1. The van der Waals surface area contributed by atoms with Gasteiger partial charge in [-0.15, -0.1) is 0 Å². The fraction of sp³-hybridized carbons (Fsp3) is 0.222. The normalized spacial score (nSPS) is 10.9. The Bertz CT molecular complexity index is 498. The predicted octanol–water partition coefficient (Wildman–Crippen LogP) is 1.09. The molecule has 1 N–H and O–H groups in total. The van der Waals surface area contributed by atoms with Crippen molar-refractivity contribution in [1.29, 1.82) is 0 Å². The van der Waals surface area contributed by atoms with E-state index in [9.17, 15) is 4.79 Å². The molecular weight excluding hydrogens is 186 g/mol. The van der Waals surface area contributed by atoms with Crippen molar-refractivity contribution in [3.63, 3.8) is 0 Å². The van der Waals surface area contributed by atoms with Crippen LogP contribution in [0.4, 0.5) is 0 Å². The number of fused-ring (bicyclic) bond motifs is 1. The summed E-state index contributed by atoms with van der Waals surface area (Å²) < 4.78 is 2.54. The molecule has 0 radical (unpaired) electrons. The van der Waals surface area contributed by atoms with Crippen LogP contribution >= 0.6 is 11.3 Å². The Morgan fingerprint density at radius 1 is 1.54 bits per heavy atom. The van der Waals surface area contributed by atoms with Crippen LogP contribution < -0.4 is 4.87 Å². The SMILES string of the molecule is Cn1c(=O)sc2cc(CO)ccc21. The third-order valence-corrected chi connectivity index (χ3v) is 3.03. The van der Waals surface area contributed by atoms with Crippen LogP contribution in [0.25, 0.3) is 10.2 Å². The first-order chi connectivity index (χ1) is 6.22. The van der Waals surface area contributed by atoms with Crippen molar-refractivity contribution in [1.82, 2.24) is 4.57 Å². The van der Waals surface area contributed by atoms with Gasteiger partial charge in [0.2, 0.25) is 0 Å². The number of aryl methyl sites for hydroxylation is 1. The van der Waals surface area contributed by atoms with Crippen LogP contribution in [0.5, 0.6) is 0 Å². The minimum Gasteiger partial charge on any atom is -0.392 e. The molecule has 13 heavy (non-hydrogen) atoms. The second-order valence-electron chi connectivity index (χ2n) is 2.89. The molecule has 1 aromatic heterocycles. The molecule has 0 atom stereocenters. The van der Waals surface area contributed by atoms with Crippen molar-refractivity contribution in [2.24, 2.45) is 7.05 Å². The second kappa shape index (κ2) is 2.97. The average molecular weight is 195 g/mol. The lowest BCUT2D eigenvalue weighted by Gasteiger charge is -1.96.